The summed E-state index contributed by atoms with van der Waals surface area (Å²) in [5.41, 5.74) is 0.325. The molecule has 1 fully saturated rings. The fraction of sp³-hybridized carbons (Fsp3) is 0.550. The lowest BCUT2D eigenvalue weighted by Crippen LogP contribution is -2.54. The van der Waals surface area contributed by atoms with Crippen LogP contribution in [0.3, 0.4) is 0 Å². The number of aromatic nitrogens is 2. The van der Waals surface area contributed by atoms with Gasteiger partial charge in [-0.1, -0.05) is 31.3 Å². The average molecular weight is 372 g/mol. The predicted octanol–water partition coefficient (Wildman–Crippen LogP) is 3.41. The third-order valence-corrected chi connectivity index (χ3v) is 5.13. The highest BCUT2D eigenvalue weighted by molar-refractivity contribution is 5.89. The Labute approximate surface area is 160 Å². The van der Waals surface area contributed by atoms with Gasteiger partial charge in [-0.15, -0.1) is 0 Å². The molecule has 7 heteroatoms. The number of aryl methyl sites for hydroxylation is 1. The lowest BCUT2D eigenvalue weighted by atomic mass is 9.80. The van der Waals surface area contributed by atoms with Gasteiger partial charge in [0.1, 0.15) is 11.3 Å². The zero-order valence-corrected chi connectivity index (χ0v) is 16.3. The number of hydrogen-bond acceptors (Lipinski definition) is 6. The Kier molecular flexibility index (Phi) is 5.98. The molecule has 1 N–H and O–H groups in total. The molecule has 0 unspecified atom stereocenters. The minimum absolute atomic E-state index is 0.0702. The summed E-state index contributed by atoms with van der Waals surface area (Å²) in [6, 6.07) is 7.71. The molecule has 1 saturated carbocycles. The van der Waals surface area contributed by atoms with Crippen LogP contribution in [-0.2, 0) is 17.8 Å². The van der Waals surface area contributed by atoms with Crippen LogP contribution in [0.2, 0.25) is 0 Å². The number of amides is 1. The maximum atomic E-state index is 13.4. The highest BCUT2D eigenvalue weighted by atomic mass is 16.5. The summed E-state index contributed by atoms with van der Waals surface area (Å²) in [5, 5.41) is 7.48. The van der Waals surface area contributed by atoms with Gasteiger partial charge in [0, 0.05) is 19.2 Å². The molecule has 1 aromatic carbocycles. The van der Waals surface area contributed by atoms with E-state index in [1.54, 1.807) is 19.1 Å². The minimum atomic E-state index is -0.598. The summed E-state index contributed by atoms with van der Waals surface area (Å²) in [6.45, 7) is 2.30. The molecular formula is C20H28N4O3. The Balaban J connectivity index is 1.76. The maximum Gasteiger partial charge on any atom is 0.248 e. The normalized spacial score (nSPS) is 16.0. The third kappa shape index (κ3) is 4.40. The topological polar surface area (TPSA) is 80.5 Å². The molecule has 3 rings (SSSR count). The summed E-state index contributed by atoms with van der Waals surface area (Å²) in [7, 11) is 3.45. The van der Waals surface area contributed by atoms with Gasteiger partial charge in [0.15, 0.2) is 5.82 Å². The van der Waals surface area contributed by atoms with Crippen molar-refractivity contribution in [2.75, 3.05) is 19.5 Å². The molecule has 0 radical (unpaired) electrons. The Bertz CT molecular complexity index is 751. The number of nitrogens with one attached hydrogen (secondary N) is 1. The zero-order chi connectivity index (χ0) is 19.3. The van der Waals surface area contributed by atoms with E-state index in [1.807, 2.05) is 31.2 Å². The van der Waals surface area contributed by atoms with Gasteiger partial charge in [0.05, 0.1) is 13.7 Å². The van der Waals surface area contributed by atoms with E-state index in [4.69, 9.17) is 9.26 Å². The van der Waals surface area contributed by atoms with Crippen molar-refractivity contribution < 1.29 is 14.1 Å². The molecule has 2 aromatic rings. The van der Waals surface area contributed by atoms with Gasteiger partial charge in [-0.25, -0.2) is 0 Å². The van der Waals surface area contributed by atoms with Crippen molar-refractivity contribution in [3.8, 4) is 5.75 Å². The van der Waals surface area contributed by atoms with Gasteiger partial charge < -0.3 is 19.5 Å². The van der Waals surface area contributed by atoms with Crippen LogP contribution in [0.4, 0.5) is 5.69 Å². The summed E-state index contributed by atoms with van der Waals surface area (Å²) >= 11 is 0. The number of likely N-dealkylation sites (N-methyl/N-ethyl adjacent to an activating group) is 1. The predicted molar refractivity (Wildman–Crippen MR) is 103 cm³/mol. The quantitative estimate of drug-likeness (QED) is 0.802. The second-order valence-corrected chi connectivity index (χ2v) is 7.12. The molecule has 1 heterocycles. The maximum absolute atomic E-state index is 13.4. The van der Waals surface area contributed by atoms with Crippen LogP contribution in [0.25, 0.3) is 0 Å². The van der Waals surface area contributed by atoms with E-state index < -0.39 is 5.54 Å². The van der Waals surface area contributed by atoms with Crippen molar-refractivity contribution >= 4 is 11.6 Å². The highest BCUT2D eigenvalue weighted by Crippen LogP contribution is 2.34. The van der Waals surface area contributed by atoms with Gasteiger partial charge in [-0.2, -0.15) is 4.98 Å². The number of hydrogen-bond donors (Lipinski definition) is 1. The first kappa shape index (κ1) is 19.2. The number of ether oxygens (including phenoxy) is 1. The molecule has 7 nitrogen and oxygen atoms in total. The molecule has 0 atom stereocenters. The second kappa shape index (κ2) is 8.41. The minimum Gasteiger partial charge on any atom is -0.497 e. The van der Waals surface area contributed by atoms with Crippen LogP contribution in [-0.4, -0.2) is 40.6 Å². The SMILES string of the molecule is CCc1nc(CN(C)C(=O)C2(Nc3ccc(OC)cc3)CCCCC2)no1. The molecule has 1 amide bonds. The number of benzene rings is 1. The van der Waals surface area contributed by atoms with E-state index in [-0.39, 0.29) is 5.91 Å². The van der Waals surface area contributed by atoms with E-state index in [1.165, 1.54) is 0 Å². The fourth-order valence-electron chi connectivity index (χ4n) is 3.65. The molecule has 0 spiro atoms. The van der Waals surface area contributed by atoms with Crippen molar-refractivity contribution in [3.63, 3.8) is 0 Å². The van der Waals surface area contributed by atoms with Crippen molar-refractivity contribution in [2.24, 2.45) is 0 Å². The van der Waals surface area contributed by atoms with Gasteiger partial charge in [0.2, 0.25) is 11.8 Å². The van der Waals surface area contributed by atoms with Gasteiger partial charge in [-0.05, 0) is 37.1 Å². The number of carbonyl (C=O) groups is 1. The standard InChI is InChI=1S/C20H28N4O3/c1-4-18-21-17(23-27-18)14-24(2)19(25)20(12-6-5-7-13-20)22-15-8-10-16(26-3)11-9-15/h8-11,22H,4-7,12-14H2,1-3H3. The zero-order valence-electron chi connectivity index (χ0n) is 16.3. The molecule has 0 aliphatic heterocycles. The molecule has 27 heavy (non-hydrogen) atoms. The first-order valence-corrected chi connectivity index (χ1v) is 9.55. The fourth-order valence-corrected chi connectivity index (χ4v) is 3.65. The number of nitrogens with zero attached hydrogens (tertiary/aromatic N) is 3. The van der Waals surface area contributed by atoms with Crippen molar-refractivity contribution in [1.82, 2.24) is 15.0 Å². The Morgan fingerprint density at radius 1 is 1.26 bits per heavy atom. The Morgan fingerprint density at radius 3 is 2.56 bits per heavy atom. The third-order valence-electron chi connectivity index (χ3n) is 5.13. The summed E-state index contributed by atoms with van der Waals surface area (Å²) in [4.78, 5) is 19.4. The second-order valence-electron chi connectivity index (χ2n) is 7.12. The highest BCUT2D eigenvalue weighted by Gasteiger charge is 2.41. The average Bonchev–Trinajstić information content (AvgIpc) is 3.16. The van der Waals surface area contributed by atoms with E-state index in [0.29, 0.717) is 24.7 Å². The summed E-state index contributed by atoms with van der Waals surface area (Å²) in [5.74, 6) is 2.00. The van der Waals surface area contributed by atoms with Gasteiger partial charge in [-0.3, -0.25) is 4.79 Å². The number of carbonyl (C=O) groups excluding carboxylic acids is 1. The van der Waals surface area contributed by atoms with Gasteiger partial charge in [0.25, 0.3) is 0 Å². The Morgan fingerprint density at radius 2 is 1.96 bits per heavy atom. The van der Waals surface area contributed by atoms with Gasteiger partial charge >= 0.3 is 0 Å². The molecule has 1 aliphatic rings. The van der Waals surface area contributed by atoms with E-state index in [2.05, 4.69) is 15.5 Å². The summed E-state index contributed by atoms with van der Waals surface area (Å²) in [6.07, 6.45) is 5.54. The Hall–Kier alpha value is -2.57. The largest absolute Gasteiger partial charge is 0.497 e. The lowest BCUT2D eigenvalue weighted by molar-refractivity contribution is -0.136. The van der Waals surface area contributed by atoms with E-state index in [9.17, 15) is 4.79 Å². The van der Waals surface area contributed by atoms with Crippen molar-refractivity contribution in [2.45, 2.75) is 57.5 Å². The van der Waals surface area contributed by atoms with Crippen molar-refractivity contribution in [1.29, 1.82) is 0 Å². The monoisotopic (exact) mass is 372 g/mol. The van der Waals surface area contributed by atoms with Crippen LogP contribution in [0.5, 0.6) is 5.75 Å². The van der Waals surface area contributed by atoms with Crippen LogP contribution in [0, 0.1) is 0 Å². The van der Waals surface area contributed by atoms with Crippen LogP contribution < -0.4 is 10.1 Å². The molecule has 0 bridgehead atoms. The number of rotatable bonds is 7. The number of anilines is 1. The molecule has 1 aliphatic carbocycles. The lowest BCUT2D eigenvalue weighted by Gasteiger charge is -2.40. The number of methoxy groups -OCH3 is 1. The molecule has 146 valence electrons. The van der Waals surface area contributed by atoms with Crippen LogP contribution >= 0.6 is 0 Å². The van der Waals surface area contributed by atoms with E-state index >= 15 is 0 Å². The first-order valence-electron chi connectivity index (χ1n) is 9.55. The molecule has 0 saturated heterocycles. The van der Waals surface area contributed by atoms with Crippen molar-refractivity contribution in [3.05, 3.63) is 36.0 Å². The smallest absolute Gasteiger partial charge is 0.248 e. The molecule has 1 aromatic heterocycles. The first-order chi connectivity index (χ1) is 13.1. The van der Waals surface area contributed by atoms with E-state index in [0.717, 1.165) is 43.5 Å². The molecular weight excluding hydrogens is 344 g/mol. The summed E-state index contributed by atoms with van der Waals surface area (Å²) < 4.78 is 10.4. The van der Waals surface area contributed by atoms with Crippen LogP contribution in [0.1, 0.15) is 50.7 Å². The van der Waals surface area contributed by atoms with Crippen LogP contribution in [0.15, 0.2) is 28.8 Å².